The number of hydrogen-bond donors (Lipinski definition) is 0. The third kappa shape index (κ3) is 4.46. The minimum atomic E-state index is 0.848. The summed E-state index contributed by atoms with van der Waals surface area (Å²) < 4.78 is 1.84. The molecule has 0 spiro atoms. The normalized spacial score (nSPS) is 10.2. The summed E-state index contributed by atoms with van der Waals surface area (Å²) >= 11 is 0. The summed E-state index contributed by atoms with van der Waals surface area (Å²) in [6.07, 6.45) is 6.06. The van der Waals surface area contributed by atoms with Crippen LogP contribution in [-0.4, -0.2) is 60.3 Å². The van der Waals surface area contributed by atoms with Gasteiger partial charge in [-0.05, 0) is 18.4 Å². The van der Waals surface area contributed by atoms with E-state index in [1.807, 2.05) is 55.9 Å². The van der Waals surface area contributed by atoms with Crippen molar-refractivity contribution in [2.24, 2.45) is 12.0 Å². The molecular weight excluding hydrogens is 214 g/mol. The number of rotatable bonds is 4. The number of aromatic nitrogens is 2. The molecule has 0 N–H and O–H groups in total. The zero-order valence-electron chi connectivity index (χ0n) is 11.5. The summed E-state index contributed by atoms with van der Waals surface area (Å²) in [5, 5.41) is 4.15. The quantitative estimate of drug-likeness (QED) is 0.442. The minimum Gasteiger partial charge on any atom is -0.349 e. The topological polar surface area (TPSA) is 36.7 Å². The maximum absolute atomic E-state index is 4.59. The Morgan fingerprint density at radius 1 is 1.29 bits per heavy atom. The van der Waals surface area contributed by atoms with E-state index < -0.39 is 0 Å². The molecule has 0 bridgehead atoms. The fourth-order valence-corrected chi connectivity index (χ4v) is 1.75. The van der Waals surface area contributed by atoms with Gasteiger partial charge in [0.25, 0.3) is 0 Å². The van der Waals surface area contributed by atoms with Gasteiger partial charge in [0, 0.05) is 48.0 Å². The largest absolute Gasteiger partial charge is 0.349 e. The molecule has 0 saturated carbocycles. The van der Waals surface area contributed by atoms with E-state index in [1.54, 1.807) is 0 Å². The lowest BCUT2D eigenvalue weighted by atomic mass is 10.2. The summed E-state index contributed by atoms with van der Waals surface area (Å²) in [5.74, 6) is 1.01. The second-order valence-electron chi connectivity index (χ2n) is 4.60. The van der Waals surface area contributed by atoms with Crippen LogP contribution in [0.5, 0.6) is 0 Å². The van der Waals surface area contributed by atoms with Crippen molar-refractivity contribution in [3.05, 3.63) is 18.0 Å². The molecule has 96 valence electrons. The Morgan fingerprint density at radius 3 is 2.41 bits per heavy atom. The highest BCUT2D eigenvalue weighted by Crippen LogP contribution is 2.01. The standard InChI is InChI=1S/C12H23N5/c1-15(2)12(16(3)4)13-8-6-7-11-9-14-17(5)10-11/h9-10H,6-8H2,1-5H3. The molecule has 0 aliphatic carbocycles. The van der Waals surface area contributed by atoms with Gasteiger partial charge in [-0.25, -0.2) is 0 Å². The molecule has 0 aliphatic heterocycles. The Kier molecular flexibility index (Phi) is 5.00. The molecule has 0 saturated heterocycles. The van der Waals surface area contributed by atoms with E-state index in [4.69, 9.17) is 0 Å². The SMILES string of the molecule is CN(C)C(=NCCCc1cnn(C)c1)N(C)C. The van der Waals surface area contributed by atoms with Crippen molar-refractivity contribution < 1.29 is 0 Å². The molecule has 0 fully saturated rings. The lowest BCUT2D eigenvalue weighted by Crippen LogP contribution is -2.35. The second-order valence-corrected chi connectivity index (χ2v) is 4.60. The van der Waals surface area contributed by atoms with Gasteiger partial charge in [0.1, 0.15) is 0 Å². The van der Waals surface area contributed by atoms with Gasteiger partial charge in [-0.15, -0.1) is 0 Å². The molecule has 1 aromatic rings. The van der Waals surface area contributed by atoms with Gasteiger partial charge < -0.3 is 9.80 Å². The van der Waals surface area contributed by atoms with Gasteiger partial charge in [0.05, 0.1) is 6.20 Å². The van der Waals surface area contributed by atoms with Gasteiger partial charge in [0.15, 0.2) is 5.96 Å². The summed E-state index contributed by atoms with van der Waals surface area (Å²) in [6, 6.07) is 0. The van der Waals surface area contributed by atoms with Gasteiger partial charge in [-0.3, -0.25) is 9.67 Å². The molecule has 1 aromatic heterocycles. The second kappa shape index (κ2) is 6.27. The van der Waals surface area contributed by atoms with Crippen molar-refractivity contribution in [2.45, 2.75) is 12.8 Å². The van der Waals surface area contributed by atoms with Crippen molar-refractivity contribution in [1.82, 2.24) is 19.6 Å². The predicted octanol–water partition coefficient (Wildman–Crippen LogP) is 0.832. The van der Waals surface area contributed by atoms with Gasteiger partial charge in [-0.2, -0.15) is 5.10 Å². The van der Waals surface area contributed by atoms with E-state index in [0.717, 1.165) is 25.3 Å². The number of aryl methyl sites for hydroxylation is 2. The van der Waals surface area contributed by atoms with Crippen LogP contribution in [0.2, 0.25) is 0 Å². The predicted molar refractivity (Wildman–Crippen MR) is 71.2 cm³/mol. The van der Waals surface area contributed by atoms with E-state index in [9.17, 15) is 0 Å². The summed E-state index contributed by atoms with van der Waals surface area (Å²) in [6.45, 7) is 0.848. The molecule has 0 atom stereocenters. The highest BCUT2D eigenvalue weighted by atomic mass is 15.3. The highest BCUT2D eigenvalue weighted by Gasteiger charge is 2.03. The molecule has 0 amide bonds. The molecule has 0 radical (unpaired) electrons. The summed E-state index contributed by atoms with van der Waals surface area (Å²) in [5.41, 5.74) is 1.28. The van der Waals surface area contributed by atoms with Crippen LogP contribution < -0.4 is 0 Å². The Balaban J connectivity index is 2.38. The minimum absolute atomic E-state index is 0.848. The van der Waals surface area contributed by atoms with Crippen molar-refractivity contribution in [3.8, 4) is 0 Å². The zero-order chi connectivity index (χ0) is 12.8. The average Bonchev–Trinajstić information content (AvgIpc) is 2.62. The number of nitrogens with zero attached hydrogens (tertiary/aromatic N) is 5. The Morgan fingerprint density at radius 2 is 1.94 bits per heavy atom. The lowest BCUT2D eigenvalue weighted by molar-refractivity contribution is 0.479. The van der Waals surface area contributed by atoms with E-state index in [1.165, 1.54) is 5.56 Å². The number of aliphatic imine (C=N–C) groups is 1. The van der Waals surface area contributed by atoms with Gasteiger partial charge >= 0.3 is 0 Å². The molecule has 1 heterocycles. The summed E-state index contributed by atoms with van der Waals surface area (Å²) in [4.78, 5) is 8.65. The molecule has 0 aromatic carbocycles. The maximum Gasteiger partial charge on any atom is 0.195 e. The molecule has 0 unspecified atom stereocenters. The van der Waals surface area contributed by atoms with E-state index in [0.29, 0.717) is 0 Å². The molecule has 5 heteroatoms. The first-order valence-electron chi connectivity index (χ1n) is 5.87. The van der Waals surface area contributed by atoms with Crippen LogP contribution in [0.1, 0.15) is 12.0 Å². The van der Waals surface area contributed by atoms with E-state index >= 15 is 0 Å². The fraction of sp³-hybridized carbons (Fsp3) is 0.667. The van der Waals surface area contributed by atoms with E-state index in [2.05, 4.69) is 16.3 Å². The van der Waals surface area contributed by atoms with Crippen LogP contribution in [0.4, 0.5) is 0 Å². The number of guanidine groups is 1. The number of hydrogen-bond acceptors (Lipinski definition) is 2. The molecule has 17 heavy (non-hydrogen) atoms. The van der Waals surface area contributed by atoms with Crippen LogP contribution in [0.15, 0.2) is 17.4 Å². The third-order valence-electron chi connectivity index (χ3n) is 2.44. The summed E-state index contributed by atoms with van der Waals surface area (Å²) in [7, 11) is 10.00. The maximum atomic E-state index is 4.59. The molecule has 1 rings (SSSR count). The third-order valence-corrected chi connectivity index (χ3v) is 2.44. The zero-order valence-corrected chi connectivity index (χ0v) is 11.5. The van der Waals surface area contributed by atoms with Crippen molar-refractivity contribution in [2.75, 3.05) is 34.7 Å². The van der Waals surface area contributed by atoms with Crippen LogP contribution in [0, 0.1) is 0 Å². The highest BCUT2D eigenvalue weighted by molar-refractivity contribution is 5.79. The smallest absolute Gasteiger partial charge is 0.195 e. The fourth-order valence-electron chi connectivity index (χ4n) is 1.75. The van der Waals surface area contributed by atoms with Crippen LogP contribution >= 0.6 is 0 Å². The van der Waals surface area contributed by atoms with Crippen LogP contribution in [-0.2, 0) is 13.5 Å². The van der Waals surface area contributed by atoms with Crippen LogP contribution in [0.25, 0.3) is 0 Å². The lowest BCUT2D eigenvalue weighted by Gasteiger charge is -2.22. The Bertz CT molecular complexity index is 355. The average molecular weight is 237 g/mol. The first kappa shape index (κ1) is 13.5. The van der Waals surface area contributed by atoms with Gasteiger partial charge in [0.2, 0.25) is 0 Å². The first-order valence-corrected chi connectivity index (χ1v) is 5.87. The van der Waals surface area contributed by atoms with Crippen molar-refractivity contribution in [3.63, 3.8) is 0 Å². The monoisotopic (exact) mass is 237 g/mol. The first-order chi connectivity index (χ1) is 8.00. The Labute approximate surface area is 104 Å². The Hall–Kier alpha value is -1.52. The van der Waals surface area contributed by atoms with E-state index in [-0.39, 0.29) is 0 Å². The van der Waals surface area contributed by atoms with Crippen LogP contribution in [0.3, 0.4) is 0 Å². The molecule has 0 aliphatic rings. The molecular formula is C12H23N5. The van der Waals surface area contributed by atoms with Crippen molar-refractivity contribution in [1.29, 1.82) is 0 Å². The van der Waals surface area contributed by atoms with Gasteiger partial charge in [-0.1, -0.05) is 0 Å². The molecule has 5 nitrogen and oxygen atoms in total. The van der Waals surface area contributed by atoms with Crippen molar-refractivity contribution >= 4 is 5.96 Å².